The topological polar surface area (TPSA) is 61.9 Å². The first kappa shape index (κ1) is 19.2. The molecule has 0 amide bonds. The first-order valence-electron chi connectivity index (χ1n) is 11.6. The van der Waals surface area contributed by atoms with E-state index in [0.717, 1.165) is 50.1 Å². The number of fused-ring (bicyclic) bond motifs is 2. The number of benzene rings is 2. The summed E-state index contributed by atoms with van der Waals surface area (Å²) in [6.07, 6.45) is 9.97. The van der Waals surface area contributed by atoms with Crippen molar-refractivity contribution in [2.45, 2.75) is 25.3 Å². The van der Waals surface area contributed by atoms with Crippen molar-refractivity contribution >= 4 is 33.1 Å². The van der Waals surface area contributed by atoms with E-state index >= 15 is 0 Å². The van der Waals surface area contributed by atoms with Crippen LogP contribution in [-0.2, 0) is 0 Å². The first-order valence-corrected chi connectivity index (χ1v) is 11.6. The molecule has 6 rings (SSSR count). The van der Waals surface area contributed by atoms with Gasteiger partial charge >= 0.3 is 0 Å². The summed E-state index contributed by atoms with van der Waals surface area (Å²) in [5.74, 6) is 0. The average molecular weight is 422 g/mol. The van der Waals surface area contributed by atoms with Crippen LogP contribution in [0.25, 0.3) is 27.4 Å². The summed E-state index contributed by atoms with van der Waals surface area (Å²) in [7, 11) is 0. The smallest absolute Gasteiger partial charge is 0.0991 e. The fourth-order valence-electron chi connectivity index (χ4n) is 5.52. The van der Waals surface area contributed by atoms with Gasteiger partial charge in [0, 0.05) is 77.7 Å². The molecule has 0 radical (unpaired) electrons. The van der Waals surface area contributed by atoms with Crippen LogP contribution in [0.5, 0.6) is 0 Å². The molecule has 4 aromatic rings. The number of aromatic nitrogens is 2. The minimum Gasteiger partial charge on any atom is -0.368 e. The Morgan fingerprint density at radius 1 is 0.938 bits per heavy atom. The second-order valence-corrected chi connectivity index (χ2v) is 8.97. The first-order chi connectivity index (χ1) is 15.8. The number of hydrogen-bond donors (Lipinski definition) is 2. The number of nitrogens with zero attached hydrogens (tertiary/aromatic N) is 3. The zero-order chi connectivity index (χ0) is 21.5. The van der Waals surface area contributed by atoms with Gasteiger partial charge < -0.3 is 14.9 Å². The Hall–Kier alpha value is -3.49. The Labute approximate surface area is 187 Å². The van der Waals surface area contributed by atoms with Gasteiger partial charge in [-0.1, -0.05) is 12.1 Å². The summed E-state index contributed by atoms with van der Waals surface area (Å²) in [6, 6.07) is 17.5. The molecule has 1 aliphatic carbocycles. The molecular formula is C27H27N5. The van der Waals surface area contributed by atoms with E-state index in [1.165, 1.54) is 39.5 Å². The fraction of sp³-hybridized carbons (Fsp3) is 0.296. The van der Waals surface area contributed by atoms with Crippen molar-refractivity contribution in [2.24, 2.45) is 0 Å². The second kappa shape index (κ2) is 7.89. The standard InChI is InChI=1S/C27H27N5/c28-17-19-4-9-26-23(16-19)24(18-30-26)20-5-7-21(8-6-20)31-12-14-32(15-13-31)27-3-1-2-25-22(27)10-11-29-25/h1-5,9-11,16,18,21,29-30H,6-8,12-15H2. The van der Waals surface area contributed by atoms with Crippen molar-refractivity contribution in [1.82, 2.24) is 14.9 Å². The van der Waals surface area contributed by atoms with Gasteiger partial charge in [-0.25, -0.2) is 0 Å². The van der Waals surface area contributed by atoms with Gasteiger partial charge in [0.25, 0.3) is 0 Å². The maximum Gasteiger partial charge on any atom is 0.0991 e. The monoisotopic (exact) mass is 421 g/mol. The van der Waals surface area contributed by atoms with Gasteiger partial charge in [-0.05, 0) is 61.2 Å². The van der Waals surface area contributed by atoms with E-state index in [-0.39, 0.29) is 0 Å². The minimum atomic E-state index is 0.629. The highest BCUT2D eigenvalue weighted by molar-refractivity contribution is 5.94. The third-order valence-corrected chi connectivity index (χ3v) is 7.28. The predicted molar refractivity (Wildman–Crippen MR) is 131 cm³/mol. The van der Waals surface area contributed by atoms with Crippen molar-refractivity contribution in [2.75, 3.05) is 31.1 Å². The summed E-state index contributed by atoms with van der Waals surface area (Å²) >= 11 is 0. The molecule has 3 heterocycles. The zero-order valence-corrected chi connectivity index (χ0v) is 18.1. The Balaban J connectivity index is 1.14. The Morgan fingerprint density at radius 2 is 1.81 bits per heavy atom. The quantitative estimate of drug-likeness (QED) is 0.473. The van der Waals surface area contributed by atoms with Crippen molar-refractivity contribution in [3.63, 3.8) is 0 Å². The number of piperazine rings is 1. The molecule has 1 unspecified atom stereocenters. The largest absolute Gasteiger partial charge is 0.368 e. The van der Waals surface area contributed by atoms with Crippen LogP contribution in [0.1, 0.15) is 30.4 Å². The molecule has 1 atom stereocenters. The summed E-state index contributed by atoms with van der Waals surface area (Å²) < 4.78 is 0. The van der Waals surface area contributed by atoms with Crippen molar-refractivity contribution in [3.8, 4) is 6.07 Å². The van der Waals surface area contributed by atoms with E-state index in [1.54, 1.807) is 0 Å². The normalized spacial score (nSPS) is 19.9. The maximum absolute atomic E-state index is 9.26. The lowest BCUT2D eigenvalue weighted by Gasteiger charge is -2.41. The van der Waals surface area contributed by atoms with Crippen LogP contribution in [0, 0.1) is 11.3 Å². The lowest BCUT2D eigenvalue weighted by molar-refractivity contribution is 0.175. The van der Waals surface area contributed by atoms with Gasteiger partial charge in [0.15, 0.2) is 0 Å². The van der Waals surface area contributed by atoms with Crippen LogP contribution in [0.3, 0.4) is 0 Å². The van der Waals surface area contributed by atoms with Crippen LogP contribution in [0.4, 0.5) is 5.69 Å². The third kappa shape index (κ3) is 3.28. The van der Waals surface area contributed by atoms with E-state index in [9.17, 15) is 5.26 Å². The molecule has 2 N–H and O–H groups in total. The SMILES string of the molecule is N#Cc1ccc2[nH]cc(C3=CCC(N4CCN(c5cccc6[nH]ccc56)CC4)CC3)c2c1. The third-order valence-electron chi connectivity index (χ3n) is 7.28. The Kier molecular flexibility index (Phi) is 4.74. The molecular weight excluding hydrogens is 394 g/mol. The molecule has 0 saturated carbocycles. The van der Waals surface area contributed by atoms with Gasteiger partial charge in [0.05, 0.1) is 11.6 Å². The van der Waals surface area contributed by atoms with E-state index in [4.69, 9.17) is 0 Å². The second-order valence-electron chi connectivity index (χ2n) is 8.97. The van der Waals surface area contributed by atoms with Crippen LogP contribution in [-0.4, -0.2) is 47.1 Å². The van der Waals surface area contributed by atoms with Gasteiger partial charge in [0.2, 0.25) is 0 Å². The number of hydrogen-bond acceptors (Lipinski definition) is 3. The van der Waals surface area contributed by atoms with Crippen LogP contribution >= 0.6 is 0 Å². The van der Waals surface area contributed by atoms with E-state index in [1.807, 2.05) is 24.4 Å². The molecule has 2 aromatic heterocycles. The minimum absolute atomic E-state index is 0.629. The number of nitriles is 1. The molecule has 2 aromatic carbocycles. The molecule has 0 bridgehead atoms. The molecule has 1 aliphatic heterocycles. The number of rotatable bonds is 3. The lowest BCUT2D eigenvalue weighted by atomic mass is 9.89. The van der Waals surface area contributed by atoms with E-state index in [0.29, 0.717) is 6.04 Å². The van der Waals surface area contributed by atoms with Crippen molar-refractivity contribution in [3.05, 3.63) is 72.1 Å². The molecule has 0 spiro atoms. The number of aromatic amines is 2. The van der Waals surface area contributed by atoms with Crippen molar-refractivity contribution < 1.29 is 0 Å². The van der Waals surface area contributed by atoms with Crippen molar-refractivity contribution in [1.29, 1.82) is 5.26 Å². The van der Waals surface area contributed by atoms with E-state index < -0.39 is 0 Å². The lowest BCUT2D eigenvalue weighted by Crippen LogP contribution is -2.50. The Morgan fingerprint density at radius 3 is 2.62 bits per heavy atom. The fourth-order valence-corrected chi connectivity index (χ4v) is 5.52. The van der Waals surface area contributed by atoms with Crippen LogP contribution < -0.4 is 4.90 Å². The molecule has 160 valence electrons. The molecule has 5 heteroatoms. The maximum atomic E-state index is 9.26. The highest BCUT2D eigenvalue weighted by Gasteiger charge is 2.26. The number of nitrogens with one attached hydrogen (secondary N) is 2. The average Bonchev–Trinajstić information content (AvgIpc) is 3.51. The summed E-state index contributed by atoms with van der Waals surface area (Å²) in [4.78, 5) is 11.9. The molecule has 5 nitrogen and oxygen atoms in total. The highest BCUT2D eigenvalue weighted by atomic mass is 15.3. The summed E-state index contributed by atoms with van der Waals surface area (Å²) in [6.45, 7) is 4.40. The Bertz CT molecular complexity index is 1340. The van der Waals surface area contributed by atoms with Gasteiger partial charge in [-0.3, -0.25) is 4.90 Å². The molecule has 32 heavy (non-hydrogen) atoms. The number of H-pyrrole nitrogens is 2. The van der Waals surface area contributed by atoms with E-state index in [2.05, 4.69) is 62.4 Å². The van der Waals surface area contributed by atoms with Crippen LogP contribution in [0.2, 0.25) is 0 Å². The number of allylic oxidation sites excluding steroid dienone is 1. The predicted octanol–water partition coefficient (Wildman–Crippen LogP) is 5.28. The summed E-state index contributed by atoms with van der Waals surface area (Å²) in [5, 5.41) is 11.8. The number of anilines is 1. The van der Waals surface area contributed by atoms with Gasteiger partial charge in [0.1, 0.15) is 0 Å². The van der Waals surface area contributed by atoms with Crippen LogP contribution in [0.15, 0.2) is 60.9 Å². The van der Waals surface area contributed by atoms with Gasteiger partial charge in [-0.2, -0.15) is 5.26 Å². The molecule has 1 fully saturated rings. The zero-order valence-electron chi connectivity index (χ0n) is 18.1. The van der Waals surface area contributed by atoms with Gasteiger partial charge in [-0.15, -0.1) is 0 Å². The summed E-state index contributed by atoms with van der Waals surface area (Å²) in [5.41, 5.74) is 7.08. The molecule has 1 saturated heterocycles. The molecule has 2 aliphatic rings. The highest BCUT2D eigenvalue weighted by Crippen LogP contribution is 2.34.